The first-order valence-electron chi connectivity index (χ1n) is 11.3. The fourth-order valence-electron chi connectivity index (χ4n) is 3.90. The van der Waals surface area contributed by atoms with Gasteiger partial charge in [0.05, 0.1) is 7.11 Å². The minimum atomic E-state index is -0.435. The molecule has 10 heteroatoms. The van der Waals surface area contributed by atoms with E-state index >= 15 is 0 Å². The first kappa shape index (κ1) is 24.3. The van der Waals surface area contributed by atoms with Crippen molar-refractivity contribution in [3.63, 3.8) is 0 Å². The Hall–Kier alpha value is -3.79. The van der Waals surface area contributed by atoms with Gasteiger partial charge in [-0.15, -0.1) is 10.2 Å². The lowest BCUT2D eigenvalue weighted by molar-refractivity contribution is -0.126. The second-order valence-electron chi connectivity index (χ2n) is 8.37. The van der Waals surface area contributed by atoms with Crippen molar-refractivity contribution < 1.29 is 19.1 Å². The van der Waals surface area contributed by atoms with E-state index in [2.05, 4.69) is 26.9 Å². The number of likely N-dealkylation sites (tertiary alicyclic amines) is 1. The van der Waals surface area contributed by atoms with E-state index in [1.807, 2.05) is 25.1 Å². The molecule has 1 fully saturated rings. The van der Waals surface area contributed by atoms with Gasteiger partial charge in [-0.3, -0.25) is 14.4 Å². The van der Waals surface area contributed by atoms with Crippen molar-refractivity contribution in [3.8, 4) is 5.75 Å². The molecule has 2 heterocycles. The van der Waals surface area contributed by atoms with Crippen LogP contribution in [0.2, 0.25) is 0 Å². The summed E-state index contributed by atoms with van der Waals surface area (Å²) in [6.45, 7) is 3.42. The zero-order valence-corrected chi connectivity index (χ0v) is 20.4. The monoisotopic (exact) mass is 493 g/mol. The molecule has 1 aliphatic heterocycles. The highest BCUT2D eigenvalue weighted by Crippen LogP contribution is 2.22. The third-order valence-electron chi connectivity index (χ3n) is 5.85. The summed E-state index contributed by atoms with van der Waals surface area (Å²) in [5, 5.41) is 13.8. The fourth-order valence-corrected chi connectivity index (χ4v) is 4.60. The van der Waals surface area contributed by atoms with Crippen LogP contribution in [0, 0.1) is 12.8 Å². The van der Waals surface area contributed by atoms with Crippen LogP contribution in [0.15, 0.2) is 48.5 Å². The number of piperidine rings is 1. The lowest BCUT2D eigenvalue weighted by Gasteiger charge is -2.30. The molecule has 0 radical (unpaired) electrons. The van der Waals surface area contributed by atoms with Gasteiger partial charge in [-0.1, -0.05) is 41.2 Å². The number of nitrogens with one attached hydrogen (secondary N) is 2. The number of aryl methyl sites for hydroxylation is 1. The molecule has 0 spiro atoms. The van der Waals surface area contributed by atoms with Crippen LogP contribution in [-0.2, 0) is 11.3 Å². The average Bonchev–Trinajstić information content (AvgIpc) is 3.38. The molecular formula is C25H27N5O4S. The Morgan fingerprint density at radius 1 is 1.06 bits per heavy atom. The van der Waals surface area contributed by atoms with Gasteiger partial charge < -0.3 is 20.3 Å². The van der Waals surface area contributed by atoms with E-state index in [1.54, 1.807) is 36.3 Å². The van der Waals surface area contributed by atoms with E-state index in [0.29, 0.717) is 43.9 Å². The minimum absolute atomic E-state index is 0.00649. The Bertz CT molecular complexity index is 1200. The Kier molecular flexibility index (Phi) is 7.71. The number of methoxy groups -OCH3 is 1. The van der Waals surface area contributed by atoms with E-state index in [-0.39, 0.29) is 27.7 Å². The highest BCUT2D eigenvalue weighted by Gasteiger charge is 2.29. The van der Waals surface area contributed by atoms with Crippen molar-refractivity contribution in [1.29, 1.82) is 0 Å². The first-order chi connectivity index (χ1) is 16.9. The lowest BCUT2D eigenvalue weighted by Crippen LogP contribution is -2.42. The number of rotatable bonds is 7. The Labute approximate surface area is 207 Å². The van der Waals surface area contributed by atoms with E-state index in [4.69, 9.17) is 4.74 Å². The van der Waals surface area contributed by atoms with Gasteiger partial charge in [0.15, 0.2) is 0 Å². The van der Waals surface area contributed by atoms with Crippen LogP contribution < -0.4 is 15.4 Å². The van der Waals surface area contributed by atoms with E-state index in [0.717, 1.165) is 22.5 Å². The molecule has 0 unspecified atom stereocenters. The normalized spacial score (nSPS) is 13.8. The summed E-state index contributed by atoms with van der Waals surface area (Å²) in [4.78, 5) is 39.6. The second kappa shape index (κ2) is 11.1. The third kappa shape index (κ3) is 6.21. The number of aromatic nitrogens is 2. The zero-order chi connectivity index (χ0) is 24.8. The predicted molar refractivity (Wildman–Crippen MR) is 133 cm³/mol. The number of anilines is 1. The number of hydrogen-bond acceptors (Lipinski definition) is 7. The smallest absolute Gasteiger partial charge is 0.286 e. The zero-order valence-electron chi connectivity index (χ0n) is 19.6. The van der Waals surface area contributed by atoms with E-state index in [9.17, 15) is 14.4 Å². The van der Waals surface area contributed by atoms with Crippen LogP contribution in [0.25, 0.3) is 0 Å². The maximum Gasteiger partial charge on any atom is 0.286 e. The summed E-state index contributed by atoms with van der Waals surface area (Å²) in [5.41, 5.74) is 2.80. The van der Waals surface area contributed by atoms with Gasteiger partial charge in [0.1, 0.15) is 5.75 Å². The van der Waals surface area contributed by atoms with Crippen molar-refractivity contribution in [2.45, 2.75) is 26.3 Å². The third-order valence-corrected chi connectivity index (χ3v) is 6.76. The standard InChI is InChI=1S/C25H27N5O4S/c1-16-4-3-5-17(14-16)15-26-21(31)18-10-12-30(13-11-18)25(33)24-29-28-23(35-24)22(32)27-19-6-8-20(34-2)9-7-19/h3-9,14,18H,10-13,15H2,1-2H3,(H,26,31)(H,27,32). The molecule has 182 valence electrons. The number of benzene rings is 2. The summed E-state index contributed by atoms with van der Waals surface area (Å²) in [5.74, 6) is -0.157. The molecule has 1 aromatic heterocycles. The van der Waals surface area contributed by atoms with Crippen LogP contribution >= 0.6 is 11.3 Å². The average molecular weight is 494 g/mol. The summed E-state index contributed by atoms with van der Waals surface area (Å²) in [6.07, 6.45) is 1.16. The molecule has 0 atom stereocenters. The molecule has 1 aliphatic rings. The lowest BCUT2D eigenvalue weighted by atomic mass is 9.95. The number of ether oxygens (including phenoxy) is 1. The van der Waals surface area contributed by atoms with E-state index < -0.39 is 5.91 Å². The van der Waals surface area contributed by atoms with Crippen LogP contribution in [-0.4, -0.2) is 53.0 Å². The maximum atomic E-state index is 12.9. The second-order valence-corrected chi connectivity index (χ2v) is 9.35. The SMILES string of the molecule is COc1ccc(NC(=O)c2nnc(C(=O)N3CCC(C(=O)NCc4cccc(C)c4)CC3)s2)cc1. The van der Waals surface area contributed by atoms with Gasteiger partial charge in [0.2, 0.25) is 15.9 Å². The highest BCUT2D eigenvalue weighted by molar-refractivity contribution is 7.15. The summed E-state index contributed by atoms with van der Waals surface area (Å²) < 4.78 is 5.10. The van der Waals surface area contributed by atoms with Gasteiger partial charge in [-0.2, -0.15) is 0 Å². The molecule has 1 saturated heterocycles. The van der Waals surface area contributed by atoms with Crippen LogP contribution in [0.3, 0.4) is 0 Å². The number of amides is 3. The number of carbonyl (C=O) groups is 3. The van der Waals surface area contributed by atoms with Crippen molar-refractivity contribution in [1.82, 2.24) is 20.4 Å². The quantitative estimate of drug-likeness (QED) is 0.522. The maximum absolute atomic E-state index is 12.9. The molecule has 3 amide bonds. The Balaban J connectivity index is 1.26. The fraction of sp³-hybridized carbons (Fsp3) is 0.320. The van der Waals surface area contributed by atoms with Crippen molar-refractivity contribution in [2.24, 2.45) is 5.92 Å². The Morgan fingerprint density at radius 3 is 2.46 bits per heavy atom. The van der Waals surface area contributed by atoms with Crippen molar-refractivity contribution >= 4 is 34.7 Å². The van der Waals surface area contributed by atoms with Gasteiger partial charge >= 0.3 is 0 Å². The first-order valence-corrected chi connectivity index (χ1v) is 12.2. The summed E-state index contributed by atoms with van der Waals surface area (Å²) >= 11 is 0.954. The molecule has 35 heavy (non-hydrogen) atoms. The van der Waals surface area contributed by atoms with Crippen LogP contribution in [0.1, 0.15) is 43.6 Å². The number of nitrogens with zero attached hydrogens (tertiary/aromatic N) is 3. The number of carbonyl (C=O) groups excluding carboxylic acids is 3. The topological polar surface area (TPSA) is 114 Å². The molecule has 2 N–H and O–H groups in total. The van der Waals surface area contributed by atoms with Gasteiger partial charge in [0.25, 0.3) is 11.8 Å². The molecular weight excluding hydrogens is 466 g/mol. The van der Waals surface area contributed by atoms with Gasteiger partial charge in [-0.25, -0.2) is 0 Å². The van der Waals surface area contributed by atoms with Crippen LogP contribution in [0.4, 0.5) is 5.69 Å². The largest absolute Gasteiger partial charge is 0.497 e. The van der Waals surface area contributed by atoms with Crippen molar-refractivity contribution in [3.05, 3.63) is 69.7 Å². The van der Waals surface area contributed by atoms with Crippen LogP contribution in [0.5, 0.6) is 5.75 Å². The molecule has 0 bridgehead atoms. The van der Waals surface area contributed by atoms with Crippen molar-refractivity contribution in [2.75, 3.05) is 25.5 Å². The van der Waals surface area contributed by atoms with Gasteiger partial charge in [0, 0.05) is 31.2 Å². The molecule has 9 nitrogen and oxygen atoms in total. The molecule has 4 rings (SSSR count). The predicted octanol–water partition coefficient (Wildman–Crippen LogP) is 3.28. The summed E-state index contributed by atoms with van der Waals surface area (Å²) in [7, 11) is 1.57. The van der Waals surface area contributed by atoms with E-state index in [1.165, 1.54) is 0 Å². The molecule has 0 saturated carbocycles. The number of hydrogen-bond donors (Lipinski definition) is 2. The summed E-state index contributed by atoms with van der Waals surface area (Å²) in [6, 6.07) is 14.9. The van der Waals surface area contributed by atoms with Gasteiger partial charge in [-0.05, 0) is 49.6 Å². The molecule has 2 aromatic carbocycles. The minimum Gasteiger partial charge on any atom is -0.497 e. The Morgan fingerprint density at radius 2 is 1.77 bits per heavy atom. The molecule has 3 aromatic rings. The highest BCUT2D eigenvalue weighted by atomic mass is 32.1. The molecule has 0 aliphatic carbocycles.